The number of aryl methyl sites for hydroxylation is 2. The van der Waals surface area contributed by atoms with Crippen molar-refractivity contribution >= 4 is 11.4 Å². The Morgan fingerprint density at radius 1 is 1.21 bits per heavy atom. The van der Waals surface area contributed by atoms with Crippen LogP contribution in [-0.4, -0.2) is 24.9 Å². The Morgan fingerprint density at radius 3 is 2.68 bits per heavy atom. The van der Waals surface area contributed by atoms with Gasteiger partial charge in [-0.15, -0.1) is 0 Å². The van der Waals surface area contributed by atoms with Crippen LogP contribution in [0.1, 0.15) is 11.5 Å². The first-order valence-electron chi connectivity index (χ1n) is 8.52. The molecule has 3 aromatic heterocycles. The minimum atomic E-state index is -0.421. The van der Waals surface area contributed by atoms with E-state index in [1.807, 2.05) is 37.4 Å². The summed E-state index contributed by atoms with van der Waals surface area (Å²) in [6, 6.07) is 11.2. The predicted octanol–water partition coefficient (Wildman–Crippen LogP) is 4.06. The van der Waals surface area contributed by atoms with Gasteiger partial charge in [-0.1, -0.05) is 23.9 Å². The quantitative estimate of drug-likeness (QED) is 0.566. The van der Waals surface area contributed by atoms with Crippen LogP contribution in [0, 0.1) is 12.7 Å². The second-order valence-corrected chi connectivity index (χ2v) is 6.21. The van der Waals surface area contributed by atoms with Gasteiger partial charge in [-0.2, -0.15) is 10.1 Å². The summed E-state index contributed by atoms with van der Waals surface area (Å²) in [5.74, 6) is 0.521. The molecule has 3 heterocycles. The van der Waals surface area contributed by atoms with Crippen molar-refractivity contribution in [2.24, 2.45) is 7.05 Å². The zero-order valence-corrected chi connectivity index (χ0v) is 15.3. The van der Waals surface area contributed by atoms with Gasteiger partial charge in [0, 0.05) is 37.1 Å². The van der Waals surface area contributed by atoms with Gasteiger partial charge in [-0.25, -0.2) is 4.39 Å². The summed E-state index contributed by atoms with van der Waals surface area (Å²) < 4.78 is 20.6. The first kappa shape index (κ1) is 17.6. The van der Waals surface area contributed by atoms with E-state index < -0.39 is 5.82 Å². The van der Waals surface area contributed by atoms with E-state index in [1.165, 1.54) is 6.20 Å². The Bertz CT molecular complexity index is 1150. The number of hydrogen-bond acceptors (Lipinski definition) is 6. The van der Waals surface area contributed by atoms with Crippen molar-refractivity contribution in [2.45, 2.75) is 6.92 Å². The van der Waals surface area contributed by atoms with E-state index in [-0.39, 0.29) is 0 Å². The summed E-state index contributed by atoms with van der Waals surface area (Å²) in [6.07, 6.45) is 2.69. The highest BCUT2D eigenvalue weighted by atomic mass is 19.1. The molecule has 4 aromatic rings. The molecule has 0 amide bonds. The minimum Gasteiger partial charge on any atom is -0.355 e. The van der Waals surface area contributed by atoms with Crippen molar-refractivity contribution < 1.29 is 8.91 Å². The van der Waals surface area contributed by atoms with Gasteiger partial charge in [-0.05, 0) is 29.8 Å². The predicted molar refractivity (Wildman–Crippen MR) is 104 cm³/mol. The van der Waals surface area contributed by atoms with Crippen LogP contribution in [0.3, 0.4) is 0 Å². The van der Waals surface area contributed by atoms with Crippen LogP contribution in [0.5, 0.6) is 0 Å². The number of benzene rings is 1. The van der Waals surface area contributed by atoms with Gasteiger partial charge < -0.3 is 9.84 Å². The van der Waals surface area contributed by atoms with Gasteiger partial charge in [-0.3, -0.25) is 9.67 Å². The fraction of sp³-hybridized carbons (Fsp3) is 0.100. The number of rotatable bonds is 5. The topological polar surface area (TPSA) is 81.7 Å². The third kappa shape index (κ3) is 3.39. The molecule has 140 valence electrons. The molecule has 1 aromatic carbocycles. The van der Waals surface area contributed by atoms with E-state index in [4.69, 9.17) is 4.52 Å². The fourth-order valence-corrected chi connectivity index (χ4v) is 2.84. The molecule has 7 nitrogen and oxygen atoms in total. The number of pyridine rings is 1. The van der Waals surface area contributed by atoms with Crippen molar-refractivity contribution in [3.05, 3.63) is 72.6 Å². The highest BCUT2D eigenvalue weighted by molar-refractivity contribution is 5.76. The number of nitrogens with zero attached hydrogens (tertiary/aromatic N) is 5. The lowest BCUT2D eigenvalue weighted by atomic mass is 10.1. The van der Waals surface area contributed by atoms with Gasteiger partial charge >= 0.3 is 0 Å². The lowest BCUT2D eigenvalue weighted by Gasteiger charge is -2.11. The number of halogens is 1. The maximum Gasteiger partial charge on any atom is 0.223 e. The lowest BCUT2D eigenvalue weighted by molar-refractivity contribution is 0.394. The molecule has 0 aliphatic carbocycles. The average molecular weight is 376 g/mol. The molecule has 0 saturated heterocycles. The lowest BCUT2D eigenvalue weighted by Crippen LogP contribution is -2.00. The monoisotopic (exact) mass is 376 g/mol. The van der Waals surface area contributed by atoms with Gasteiger partial charge in [0.1, 0.15) is 5.69 Å². The van der Waals surface area contributed by atoms with Crippen LogP contribution >= 0.6 is 0 Å². The molecule has 0 aliphatic heterocycles. The molecule has 0 bridgehead atoms. The van der Waals surface area contributed by atoms with Crippen molar-refractivity contribution in [1.82, 2.24) is 24.9 Å². The maximum absolute atomic E-state index is 13.8. The fourth-order valence-electron chi connectivity index (χ4n) is 2.84. The van der Waals surface area contributed by atoms with Crippen LogP contribution in [0.25, 0.3) is 28.5 Å². The van der Waals surface area contributed by atoms with E-state index in [9.17, 15) is 4.39 Å². The number of aromatic nitrogens is 5. The Labute approximate surface area is 160 Å². The summed E-state index contributed by atoms with van der Waals surface area (Å²) >= 11 is 0. The summed E-state index contributed by atoms with van der Waals surface area (Å²) in [7, 11) is 1.85. The molecular weight excluding hydrogens is 359 g/mol. The molecule has 0 spiro atoms. The van der Waals surface area contributed by atoms with Gasteiger partial charge in [0.2, 0.25) is 11.7 Å². The molecule has 0 aliphatic rings. The minimum absolute atomic E-state index is 0.380. The van der Waals surface area contributed by atoms with Crippen LogP contribution in [-0.2, 0) is 7.05 Å². The van der Waals surface area contributed by atoms with Crippen molar-refractivity contribution in [3.63, 3.8) is 0 Å². The van der Waals surface area contributed by atoms with E-state index in [1.54, 1.807) is 17.7 Å². The zero-order valence-electron chi connectivity index (χ0n) is 15.3. The van der Waals surface area contributed by atoms with Gasteiger partial charge in [0.05, 0.1) is 11.9 Å². The zero-order chi connectivity index (χ0) is 19.7. The number of nitrogens with one attached hydrogen (secondary N) is 1. The summed E-state index contributed by atoms with van der Waals surface area (Å²) in [6.45, 7) is 5.63. The van der Waals surface area contributed by atoms with Crippen LogP contribution in [0.4, 0.5) is 10.1 Å². The van der Waals surface area contributed by atoms with E-state index >= 15 is 0 Å². The Balaban J connectivity index is 1.55. The molecule has 8 heteroatoms. The molecule has 1 N–H and O–H groups in total. The number of anilines is 1. The highest BCUT2D eigenvalue weighted by Gasteiger charge is 2.14. The molecule has 0 radical (unpaired) electrons. The second kappa shape index (κ2) is 7.07. The van der Waals surface area contributed by atoms with E-state index in [0.717, 1.165) is 23.1 Å². The van der Waals surface area contributed by atoms with Gasteiger partial charge in [0.25, 0.3) is 0 Å². The number of hydrogen-bond donors (Lipinski definition) is 1. The smallest absolute Gasteiger partial charge is 0.223 e. The molecule has 4 rings (SSSR count). The third-order valence-electron chi connectivity index (χ3n) is 4.21. The normalized spacial score (nSPS) is 10.8. The molecule has 0 fully saturated rings. The molecule has 0 unspecified atom stereocenters. The highest BCUT2D eigenvalue weighted by Crippen LogP contribution is 2.26. The Hall–Kier alpha value is -3.81. The van der Waals surface area contributed by atoms with Crippen LogP contribution in [0.2, 0.25) is 0 Å². The third-order valence-corrected chi connectivity index (χ3v) is 4.21. The maximum atomic E-state index is 13.8. The summed E-state index contributed by atoms with van der Waals surface area (Å²) in [5, 5.41) is 11.5. The van der Waals surface area contributed by atoms with Gasteiger partial charge in [0.15, 0.2) is 5.82 Å². The summed E-state index contributed by atoms with van der Waals surface area (Å²) in [4.78, 5) is 7.95. The summed E-state index contributed by atoms with van der Waals surface area (Å²) in [5.41, 5.74) is 4.14. The Morgan fingerprint density at radius 2 is 2.00 bits per heavy atom. The second-order valence-electron chi connectivity index (χ2n) is 6.21. The molecule has 0 atom stereocenters. The standard InChI is InChI=1S/C20H17FN6O/c1-12(16-8-9-22-11-17(16)21)23-15-6-4-14(5-7-15)19-10-18(25-27(19)3)20-24-13(2)28-26-20/h4-11,23H,1H2,2-3H3. The van der Waals surface area contributed by atoms with Crippen molar-refractivity contribution in [2.75, 3.05) is 5.32 Å². The first-order valence-corrected chi connectivity index (χ1v) is 8.52. The van der Waals surface area contributed by atoms with E-state index in [2.05, 4.69) is 32.1 Å². The molecular formula is C20H17FN6O. The average Bonchev–Trinajstić information content (AvgIpc) is 3.28. The van der Waals surface area contributed by atoms with Crippen LogP contribution in [0.15, 0.2) is 59.9 Å². The molecule has 0 saturated carbocycles. The molecule has 28 heavy (non-hydrogen) atoms. The van der Waals surface area contributed by atoms with Crippen LogP contribution < -0.4 is 5.32 Å². The first-order chi connectivity index (χ1) is 13.5. The Kier molecular flexibility index (Phi) is 4.44. The van der Waals surface area contributed by atoms with Crippen molar-refractivity contribution in [1.29, 1.82) is 0 Å². The van der Waals surface area contributed by atoms with Crippen molar-refractivity contribution in [3.8, 4) is 22.8 Å². The largest absolute Gasteiger partial charge is 0.355 e. The van der Waals surface area contributed by atoms with E-state index in [0.29, 0.717) is 28.7 Å². The SMILES string of the molecule is C=C(Nc1ccc(-c2cc(-c3noc(C)n3)nn2C)cc1)c1ccncc1F.